The van der Waals surface area contributed by atoms with Crippen LogP contribution in [-0.2, 0) is 25.7 Å². The number of nitro groups is 1. The molecule has 2 amide bonds. The molecule has 0 spiro atoms. The summed E-state index contributed by atoms with van der Waals surface area (Å²) >= 11 is 6.23. The Kier molecular flexibility index (Phi) is 8.20. The number of likely N-dealkylation sites (tertiary alicyclic amines) is 1. The van der Waals surface area contributed by atoms with E-state index in [1.165, 1.54) is 35.4 Å². The van der Waals surface area contributed by atoms with E-state index in [1.807, 2.05) is 6.07 Å². The second kappa shape index (κ2) is 11.3. The summed E-state index contributed by atoms with van der Waals surface area (Å²) < 4.78 is 10.5. The molecular weight excluding hydrogens is 466 g/mol. The maximum Gasteiger partial charge on any atom is 0.310 e. The summed E-state index contributed by atoms with van der Waals surface area (Å²) in [5.41, 5.74) is 0.278. The molecule has 1 aliphatic rings. The summed E-state index contributed by atoms with van der Waals surface area (Å²) in [6, 6.07) is 13.5. The summed E-state index contributed by atoms with van der Waals surface area (Å²) in [7, 11) is 0. The molecule has 2 aromatic rings. The molecular formula is C23H22ClN3O7. The number of carbonyl (C=O) groups is 3. The van der Waals surface area contributed by atoms with Crippen LogP contribution in [0.1, 0.15) is 18.9 Å². The zero-order valence-electron chi connectivity index (χ0n) is 18.2. The van der Waals surface area contributed by atoms with Crippen LogP contribution >= 0.6 is 11.6 Å². The van der Waals surface area contributed by atoms with Gasteiger partial charge in [-0.2, -0.15) is 0 Å². The van der Waals surface area contributed by atoms with Crippen LogP contribution in [0.5, 0.6) is 5.75 Å². The van der Waals surface area contributed by atoms with Gasteiger partial charge in [0.15, 0.2) is 6.61 Å². The van der Waals surface area contributed by atoms with Gasteiger partial charge in [0, 0.05) is 18.3 Å². The number of alkyl halides is 1. The summed E-state index contributed by atoms with van der Waals surface area (Å²) in [5, 5.41) is 13.2. The highest BCUT2D eigenvalue weighted by Crippen LogP contribution is 2.25. The number of nitrogens with zero attached hydrogens (tertiary/aromatic N) is 2. The lowest BCUT2D eigenvalue weighted by Gasteiger charge is -2.41. The van der Waals surface area contributed by atoms with Crippen molar-refractivity contribution < 1.29 is 28.8 Å². The van der Waals surface area contributed by atoms with Crippen LogP contribution in [0.4, 0.5) is 5.69 Å². The maximum absolute atomic E-state index is 12.4. The highest BCUT2D eigenvalue weighted by Gasteiger charge is 2.46. The Morgan fingerprint density at radius 1 is 1.18 bits per heavy atom. The van der Waals surface area contributed by atoms with Crippen molar-refractivity contribution in [2.45, 2.75) is 31.5 Å². The lowest BCUT2D eigenvalue weighted by atomic mass is 10.1. The number of para-hydroxylation sites is 1. The highest BCUT2D eigenvalue weighted by molar-refractivity contribution is 6.26. The van der Waals surface area contributed by atoms with Gasteiger partial charge in [-0.1, -0.05) is 29.8 Å². The number of hydrogen-bond acceptors (Lipinski definition) is 7. The van der Waals surface area contributed by atoms with Gasteiger partial charge >= 0.3 is 5.97 Å². The van der Waals surface area contributed by atoms with E-state index >= 15 is 0 Å². The van der Waals surface area contributed by atoms with Crippen LogP contribution in [0.2, 0.25) is 0 Å². The van der Waals surface area contributed by atoms with E-state index in [4.69, 9.17) is 21.1 Å². The average molecular weight is 488 g/mol. The van der Waals surface area contributed by atoms with E-state index in [9.17, 15) is 24.5 Å². The highest BCUT2D eigenvalue weighted by atomic mass is 35.5. The van der Waals surface area contributed by atoms with Crippen LogP contribution < -0.4 is 10.1 Å². The molecule has 1 N–H and O–H groups in total. The smallest absolute Gasteiger partial charge is 0.310 e. The van der Waals surface area contributed by atoms with Crippen molar-refractivity contribution in [2.75, 3.05) is 6.61 Å². The molecule has 0 saturated carbocycles. The van der Waals surface area contributed by atoms with Gasteiger partial charge in [0.1, 0.15) is 23.9 Å². The molecule has 0 aliphatic carbocycles. The maximum atomic E-state index is 12.4. The van der Waals surface area contributed by atoms with Crippen LogP contribution in [0.25, 0.3) is 0 Å². The third kappa shape index (κ3) is 6.55. The third-order valence-electron chi connectivity index (χ3n) is 4.82. The molecule has 1 saturated heterocycles. The number of halogens is 1. The lowest BCUT2D eigenvalue weighted by molar-refractivity contribution is -0.384. The largest absolute Gasteiger partial charge is 0.484 e. The standard InChI is InChI=1S/C23H22ClN3O7/c1-15(11-20(29)34-13-16-7-9-17(10-8-16)27(31)32)12-26-22(24)21(23(26)30)25-19(28)14-33-18-5-3-2-4-6-18/h2-10,12,21-22H,11,13-14H2,1H3,(H,25,28). The second-order valence-electron chi connectivity index (χ2n) is 7.50. The van der Waals surface area contributed by atoms with Crippen molar-refractivity contribution in [1.29, 1.82) is 0 Å². The molecule has 3 rings (SSSR count). The summed E-state index contributed by atoms with van der Waals surface area (Å²) in [5.74, 6) is -0.899. The quantitative estimate of drug-likeness (QED) is 0.136. The first kappa shape index (κ1) is 24.7. The third-order valence-corrected chi connectivity index (χ3v) is 5.28. The van der Waals surface area contributed by atoms with E-state index in [2.05, 4.69) is 5.32 Å². The lowest BCUT2D eigenvalue weighted by Crippen LogP contribution is -2.67. The fraction of sp³-hybridized carbons (Fsp3) is 0.261. The van der Waals surface area contributed by atoms with Gasteiger partial charge < -0.3 is 14.8 Å². The Labute approximate surface area is 200 Å². The minimum atomic E-state index is -0.897. The fourth-order valence-corrected chi connectivity index (χ4v) is 3.39. The van der Waals surface area contributed by atoms with E-state index < -0.39 is 34.2 Å². The van der Waals surface area contributed by atoms with Gasteiger partial charge in [0.05, 0.1) is 11.3 Å². The summed E-state index contributed by atoms with van der Waals surface area (Å²) in [4.78, 5) is 47.9. The number of rotatable bonds is 10. The Hall–Kier alpha value is -3.92. The van der Waals surface area contributed by atoms with E-state index in [0.717, 1.165) is 0 Å². The average Bonchev–Trinajstić information content (AvgIpc) is 2.84. The van der Waals surface area contributed by atoms with Crippen LogP contribution in [-0.4, -0.2) is 45.8 Å². The zero-order valence-corrected chi connectivity index (χ0v) is 18.9. The number of non-ortho nitro benzene ring substituents is 1. The number of β-lactam (4-membered cyclic amide) rings is 1. The molecule has 2 unspecified atom stereocenters. The first-order valence-electron chi connectivity index (χ1n) is 10.2. The van der Waals surface area contributed by atoms with Gasteiger partial charge in [-0.05, 0) is 42.3 Å². The van der Waals surface area contributed by atoms with Crippen molar-refractivity contribution in [3.8, 4) is 5.75 Å². The Bertz CT molecular complexity index is 1090. The van der Waals surface area contributed by atoms with Gasteiger partial charge in [-0.15, -0.1) is 0 Å². The topological polar surface area (TPSA) is 128 Å². The first-order chi connectivity index (χ1) is 16.2. The molecule has 0 radical (unpaired) electrons. The summed E-state index contributed by atoms with van der Waals surface area (Å²) in [6.45, 7) is 1.35. The van der Waals surface area contributed by atoms with Crippen LogP contribution in [0.15, 0.2) is 66.4 Å². The second-order valence-corrected chi connectivity index (χ2v) is 7.95. The number of amides is 2. The van der Waals surface area contributed by atoms with Crippen molar-refractivity contribution >= 4 is 35.1 Å². The predicted octanol–water partition coefficient (Wildman–Crippen LogP) is 2.90. The number of nitrogens with one attached hydrogen (secondary N) is 1. The normalized spacial score (nSPS) is 17.5. The number of benzene rings is 2. The Morgan fingerprint density at radius 3 is 2.47 bits per heavy atom. The first-order valence-corrected chi connectivity index (χ1v) is 10.7. The molecule has 2 aromatic carbocycles. The Morgan fingerprint density at radius 2 is 1.85 bits per heavy atom. The van der Waals surface area contributed by atoms with E-state index in [1.54, 1.807) is 31.2 Å². The van der Waals surface area contributed by atoms with Gasteiger partial charge in [-0.3, -0.25) is 29.4 Å². The predicted molar refractivity (Wildman–Crippen MR) is 122 cm³/mol. The van der Waals surface area contributed by atoms with Crippen molar-refractivity contribution in [3.05, 3.63) is 82.0 Å². The van der Waals surface area contributed by atoms with Crippen LogP contribution in [0.3, 0.4) is 0 Å². The monoisotopic (exact) mass is 487 g/mol. The molecule has 1 fully saturated rings. The molecule has 2 atom stereocenters. The molecule has 1 heterocycles. The molecule has 178 valence electrons. The van der Waals surface area contributed by atoms with Crippen LogP contribution in [0, 0.1) is 10.1 Å². The zero-order chi connectivity index (χ0) is 24.7. The minimum Gasteiger partial charge on any atom is -0.484 e. The van der Waals surface area contributed by atoms with E-state index in [0.29, 0.717) is 16.9 Å². The molecule has 11 heteroatoms. The van der Waals surface area contributed by atoms with Gasteiger partial charge in [0.2, 0.25) is 0 Å². The number of carbonyl (C=O) groups excluding carboxylic acids is 3. The fourth-order valence-electron chi connectivity index (χ4n) is 3.06. The van der Waals surface area contributed by atoms with Gasteiger partial charge in [0.25, 0.3) is 17.5 Å². The van der Waals surface area contributed by atoms with Crippen molar-refractivity contribution in [3.63, 3.8) is 0 Å². The molecule has 0 bridgehead atoms. The van der Waals surface area contributed by atoms with Crippen molar-refractivity contribution in [1.82, 2.24) is 10.2 Å². The minimum absolute atomic E-state index is 0.0377. The molecule has 0 aromatic heterocycles. The Balaban J connectivity index is 1.42. The SMILES string of the molecule is CC(=CN1C(=O)C(NC(=O)COc2ccccc2)C1Cl)CC(=O)OCc1ccc([N+](=O)[O-])cc1. The molecule has 1 aliphatic heterocycles. The van der Waals surface area contributed by atoms with E-state index in [-0.39, 0.29) is 25.3 Å². The number of hydrogen-bond donors (Lipinski definition) is 1. The molecule has 10 nitrogen and oxygen atoms in total. The number of nitro benzene ring substituents is 1. The number of ether oxygens (including phenoxy) is 2. The number of esters is 1. The van der Waals surface area contributed by atoms with Crippen molar-refractivity contribution in [2.24, 2.45) is 0 Å². The molecule has 34 heavy (non-hydrogen) atoms. The summed E-state index contributed by atoms with van der Waals surface area (Å²) in [6.07, 6.45) is 1.36. The van der Waals surface area contributed by atoms with Gasteiger partial charge in [-0.25, -0.2) is 0 Å².